The van der Waals surface area contributed by atoms with Gasteiger partial charge in [0.1, 0.15) is 0 Å². The van der Waals surface area contributed by atoms with Crippen LogP contribution < -0.4 is 16.0 Å². The summed E-state index contributed by atoms with van der Waals surface area (Å²) in [5, 5.41) is 8.95. The molecule has 1 atom stereocenters. The second kappa shape index (κ2) is 6.00. The molecule has 0 aromatic rings. The van der Waals surface area contributed by atoms with Gasteiger partial charge in [-0.25, -0.2) is 0 Å². The Balaban J connectivity index is 2.15. The molecular weight excluding hydrogens is 218 g/mol. The van der Waals surface area contributed by atoms with Crippen LogP contribution in [0.1, 0.15) is 40.0 Å². The minimum atomic E-state index is 0.0408. The highest BCUT2D eigenvalue weighted by molar-refractivity contribution is 5.79. The van der Waals surface area contributed by atoms with Gasteiger partial charge >= 0.3 is 0 Å². The average molecular weight is 241 g/mol. The summed E-state index contributed by atoms with van der Waals surface area (Å²) >= 11 is 0. The van der Waals surface area contributed by atoms with Gasteiger partial charge in [0.2, 0.25) is 11.8 Å². The maximum Gasteiger partial charge on any atom is 0.221 e. The van der Waals surface area contributed by atoms with Crippen molar-refractivity contribution in [3.05, 3.63) is 0 Å². The zero-order valence-electron chi connectivity index (χ0n) is 10.9. The lowest BCUT2D eigenvalue weighted by molar-refractivity contribution is -0.125. The van der Waals surface area contributed by atoms with E-state index in [-0.39, 0.29) is 23.4 Å². The molecule has 0 aliphatic carbocycles. The van der Waals surface area contributed by atoms with Crippen molar-refractivity contribution in [3.63, 3.8) is 0 Å². The Morgan fingerprint density at radius 2 is 2.18 bits per heavy atom. The van der Waals surface area contributed by atoms with Crippen molar-refractivity contribution < 1.29 is 9.59 Å². The van der Waals surface area contributed by atoms with Crippen LogP contribution in [0.25, 0.3) is 0 Å². The Labute approximate surface area is 103 Å². The summed E-state index contributed by atoms with van der Waals surface area (Å²) < 4.78 is 0. The topological polar surface area (TPSA) is 70.2 Å². The molecule has 98 valence electrons. The Morgan fingerprint density at radius 3 is 2.71 bits per heavy atom. The second-order valence-corrected chi connectivity index (χ2v) is 5.53. The molecule has 0 bridgehead atoms. The summed E-state index contributed by atoms with van der Waals surface area (Å²) in [6.45, 7) is 7.44. The van der Waals surface area contributed by atoms with Crippen LogP contribution in [-0.4, -0.2) is 36.5 Å². The van der Waals surface area contributed by atoms with E-state index in [1.54, 1.807) is 0 Å². The standard InChI is InChI=1S/C12H23N3O2/c1-12(2,3)14-7-6-11(17)15-9-4-5-10(16)13-8-9/h9,14H,4-8H2,1-3H3,(H,13,16)(H,15,17). The largest absolute Gasteiger partial charge is 0.354 e. The molecule has 17 heavy (non-hydrogen) atoms. The van der Waals surface area contributed by atoms with Gasteiger partial charge in [0.05, 0.1) is 0 Å². The SMILES string of the molecule is CC(C)(C)NCCC(=O)NC1CCC(=O)NC1. The van der Waals surface area contributed by atoms with E-state index < -0.39 is 0 Å². The minimum Gasteiger partial charge on any atom is -0.354 e. The number of piperidine rings is 1. The molecule has 1 aliphatic rings. The van der Waals surface area contributed by atoms with Crippen LogP contribution in [0.5, 0.6) is 0 Å². The van der Waals surface area contributed by atoms with E-state index >= 15 is 0 Å². The third-order valence-electron chi connectivity index (χ3n) is 2.64. The van der Waals surface area contributed by atoms with Gasteiger partial charge in [-0.3, -0.25) is 9.59 Å². The Hall–Kier alpha value is -1.10. The van der Waals surface area contributed by atoms with Gasteiger partial charge in [0, 0.05) is 37.5 Å². The summed E-state index contributed by atoms with van der Waals surface area (Å²) in [5.74, 6) is 0.118. The van der Waals surface area contributed by atoms with Gasteiger partial charge < -0.3 is 16.0 Å². The van der Waals surface area contributed by atoms with Crippen LogP contribution in [0.4, 0.5) is 0 Å². The van der Waals surface area contributed by atoms with Gasteiger partial charge in [-0.05, 0) is 27.2 Å². The first-order valence-electron chi connectivity index (χ1n) is 6.18. The molecule has 1 saturated heterocycles. The summed E-state index contributed by atoms with van der Waals surface area (Å²) in [6.07, 6.45) is 1.72. The van der Waals surface area contributed by atoms with Crippen LogP contribution in [0.3, 0.4) is 0 Å². The maximum atomic E-state index is 11.6. The van der Waals surface area contributed by atoms with Crippen LogP contribution in [0.2, 0.25) is 0 Å². The molecule has 0 radical (unpaired) electrons. The molecule has 3 N–H and O–H groups in total. The van der Waals surface area contributed by atoms with E-state index in [1.165, 1.54) is 0 Å². The fourth-order valence-corrected chi connectivity index (χ4v) is 1.71. The first kappa shape index (κ1) is 14.0. The fraction of sp³-hybridized carbons (Fsp3) is 0.833. The molecule has 1 aliphatic heterocycles. The number of hydrogen-bond acceptors (Lipinski definition) is 3. The molecule has 1 fully saturated rings. The fourth-order valence-electron chi connectivity index (χ4n) is 1.71. The van der Waals surface area contributed by atoms with Crippen LogP contribution in [0, 0.1) is 0 Å². The monoisotopic (exact) mass is 241 g/mol. The first-order chi connectivity index (χ1) is 7.87. The number of rotatable bonds is 4. The molecule has 0 saturated carbocycles. The molecule has 1 unspecified atom stereocenters. The Bertz CT molecular complexity index is 274. The molecule has 5 nitrogen and oxygen atoms in total. The highest BCUT2D eigenvalue weighted by atomic mass is 16.2. The number of carbonyl (C=O) groups is 2. The van der Waals surface area contributed by atoms with E-state index in [4.69, 9.17) is 0 Å². The van der Waals surface area contributed by atoms with Gasteiger partial charge in [-0.15, -0.1) is 0 Å². The minimum absolute atomic E-state index is 0.0408. The van der Waals surface area contributed by atoms with Crippen molar-refractivity contribution in [3.8, 4) is 0 Å². The smallest absolute Gasteiger partial charge is 0.221 e. The number of nitrogens with one attached hydrogen (secondary N) is 3. The molecule has 1 rings (SSSR count). The zero-order chi connectivity index (χ0) is 12.9. The van der Waals surface area contributed by atoms with Crippen molar-refractivity contribution in [1.82, 2.24) is 16.0 Å². The lowest BCUT2D eigenvalue weighted by atomic mass is 10.1. The molecule has 0 spiro atoms. The van der Waals surface area contributed by atoms with E-state index in [1.807, 2.05) is 0 Å². The van der Waals surface area contributed by atoms with E-state index in [9.17, 15) is 9.59 Å². The van der Waals surface area contributed by atoms with E-state index in [2.05, 4.69) is 36.7 Å². The zero-order valence-corrected chi connectivity index (χ0v) is 10.9. The highest BCUT2D eigenvalue weighted by Gasteiger charge is 2.19. The first-order valence-corrected chi connectivity index (χ1v) is 6.18. The van der Waals surface area contributed by atoms with Crippen LogP contribution in [0.15, 0.2) is 0 Å². The average Bonchev–Trinajstić information content (AvgIpc) is 2.19. The Morgan fingerprint density at radius 1 is 1.47 bits per heavy atom. The van der Waals surface area contributed by atoms with E-state index in [0.717, 1.165) is 6.42 Å². The third kappa shape index (κ3) is 6.26. The molecule has 2 amide bonds. The molecule has 0 aromatic carbocycles. The molecule has 5 heteroatoms. The van der Waals surface area contributed by atoms with E-state index in [0.29, 0.717) is 25.9 Å². The number of carbonyl (C=O) groups excluding carboxylic acids is 2. The molecule has 0 aromatic heterocycles. The van der Waals surface area contributed by atoms with Crippen molar-refractivity contribution in [1.29, 1.82) is 0 Å². The van der Waals surface area contributed by atoms with Crippen molar-refractivity contribution in [2.75, 3.05) is 13.1 Å². The second-order valence-electron chi connectivity index (χ2n) is 5.53. The van der Waals surface area contributed by atoms with Gasteiger partial charge in [-0.1, -0.05) is 0 Å². The number of hydrogen-bond donors (Lipinski definition) is 3. The molecule has 1 heterocycles. The summed E-state index contributed by atoms with van der Waals surface area (Å²) in [6, 6.07) is 0.0924. The highest BCUT2D eigenvalue weighted by Crippen LogP contribution is 2.03. The summed E-state index contributed by atoms with van der Waals surface area (Å²) in [4.78, 5) is 22.6. The van der Waals surface area contributed by atoms with Crippen molar-refractivity contribution in [2.45, 2.75) is 51.6 Å². The lowest BCUT2D eigenvalue weighted by Gasteiger charge is -2.24. The van der Waals surface area contributed by atoms with Crippen molar-refractivity contribution in [2.24, 2.45) is 0 Å². The maximum absolute atomic E-state index is 11.6. The predicted octanol–water partition coefficient (Wildman–Crippen LogP) is 0.159. The Kier molecular flexibility index (Phi) is 4.93. The van der Waals surface area contributed by atoms with Crippen LogP contribution >= 0.6 is 0 Å². The summed E-state index contributed by atoms with van der Waals surface area (Å²) in [5.41, 5.74) is 0.0408. The lowest BCUT2D eigenvalue weighted by Crippen LogP contribution is -2.48. The third-order valence-corrected chi connectivity index (χ3v) is 2.64. The van der Waals surface area contributed by atoms with Crippen LogP contribution in [-0.2, 0) is 9.59 Å². The van der Waals surface area contributed by atoms with Crippen molar-refractivity contribution >= 4 is 11.8 Å². The number of amides is 2. The quantitative estimate of drug-likeness (QED) is 0.656. The molecular formula is C12H23N3O2. The predicted molar refractivity (Wildman–Crippen MR) is 66.5 cm³/mol. The van der Waals surface area contributed by atoms with Gasteiger partial charge in [0.25, 0.3) is 0 Å². The van der Waals surface area contributed by atoms with Gasteiger partial charge in [0.15, 0.2) is 0 Å². The summed E-state index contributed by atoms with van der Waals surface area (Å²) in [7, 11) is 0. The normalized spacial score (nSPS) is 20.9. The van der Waals surface area contributed by atoms with Gasteiger partial charge in [-0.2, -0.15) is 0 Å².